The quantitative estimate of drug-likeness (QED) is 0.776. The number of fused-ring (bicyclic) bond motifs is 8. The van der Waals surface area contributed by atoms with Crippen molar-refractivity contribution in [3.8, 4) is 0 Å². The summed E-state index contributed by atoms with van der Waals surface area (Å²) in [4.78, 5) is 28.7. The van der Waals surface area contributed by atoms with Gasteiger partial charge in [-0.05, 0) is 11.6 Å². The third-order valence-corrected chi connectivity index (χ3v) is 6.16. The van der Waals surface area contributed by atoms with Crippen molar-refractivity contribution in [3.05, 3.63) is 35.9 Å². The van der Waals surface area contributed by atoms with Gasteiger partial charge in [0.25, 0.3) is 0 Å². The molecule has 4 aliphatic rings. The van der Waals surface area contributed by atoms with Gasteiger partial charge in [-0.15, -0.1) is 0 Å². The van der Waals surface area contributed by atoms with Crippen LogP contribution in [0.25, 0.3) is 6.08 Å². The molecule has 4 aliphatic heterocycles. The first-order chi connectivity index (χ1) is 12.4. The molecule has 0 N–H and O–H groups in total. The van der Waals surface area contributed by atoms with Crippen LogP contribution < -0.4 is 4.90 Å². The Morgan fingerprint density at radius 1 is 1.23 bits per heavy atom. The topological polar surface area (TPSA) is 55.8 Å². The Morgan fingerprint density at radius 3 is 2.77 bits per heavy atom. The maximum absolute atomic E-state index is 13.5. The third-order valence-electron chi connectivity index (χ3n) is 6.16. The van der Waals surface area contributed by atoms with Crippen LogP contribution in [0.15, 0.2) is 30.3 Å². The lowest BCUT2D eigenvalue weighted by Gasteiger charge is -2.38. The van der Waals surface area contributed by atoms with Crippen molar-refractivity contribution in [1.29, 1.82) is 0 Å². The molecule has 5 heteroatoms. The highest BCUT2D eigenvalue weighted by atomic mass is 16.7. The Labute approximate surface area is 153 Å². The lowest BCUT2D eigenvalue weighted by molar-refractivity contribution is -0.164. The summed E-state index contributed by atoms with van der Waals surface area (Å²) in [5.41, 5.74) is 1.62. The van der Waals surface area contributed by atoms with Crippen LogP contribution in [0.2, 0.25) is 0 Å². The highest BCUT2D eigenvalue weighted by molar-refractivity contribution is 5.98. The molecule has 0 unspecified atom stereocenters. The first-order valence-electron chi connectivity index (χ1n) is 9.28. The van der Waals surface area contributed by atoms with Crippen molar-refractivity contribution in [3.63, 3.8) is 0 Å². The molecule has 26 heavy (non-hydrogen) atoms. The van der Waals surface area contributed by atoms with E-state index in [9.17, 15) is 9.59 Å². The number of ketones is 2. The molecule has 0 spiro atoms. The van der Waals surface area contributed by atoms with E-state index in [0.717, 1.165) is 11.3 Å². The van der Waals surface area contributed by atoms with Crippen LogP contribution >= 0.6 is 0 Å². The standard InChI is InChI=1S/C21H23NO4/c1-21(2,3)19(24)17-16-14-10-25-20(26-14)18(23)15(16)13-9-8-11-6-4-5-7-12(11)22(13)17/h4-9,13-17,20H,10H2,1-3H3/t13-,14+,15-,16-,17+,20+/m1/s1. The zero-order valence-corrected chi connectivity index (χ0v) is 15.2. The van der Waals surface area contributed by atoms with Crippen molar-refractivity contribution in [2.75, 3.05) is 11.5 Å². The highest BCUT2D eigenvalue weighted by Crippen LogP contribution is 2.51. The van der Waals surface area contributed by atoms with Gasteiger partial charge in [-0.2, -0.15) is 0 Å². The number of hydrogen-bond donors (Lipinski definition) is 0. The van der Waals surface area contributed by atoms with E-state index in [-0.39, 0.29) is 41.6 Å². The number of para-hydroxylation sites is 1. The SMILES string of the molecule is CC(C)(C)C(=O)[C@@H]1[C@H]2[C@H](C(=O)[C@H]3OC[C@@H]2O3)[C@H]2C=Cc3ccccc3N21. The molecule has 1 aromatic carbocycles. The Hall–Kier alpha value is -1.98. The van der Waals surface area contributed by atoms with E-state index < -0.39 is 11.7 Å². The molecular formula is C21H23NO4. The van der Waals surface area contributed by atoms with Gasteiger partial charge in [-0.25, -0.2) is 0 Å². The summed E-state index contributed by atoms with van der Waals surface area (Å²) in [6.07, 6.45) is 3.18. The second-order valence-electron chi connectivity index (χ2n) is 8.72. The average Bonchev–Trinajstić information content (AvgIpc) is 3.19. The fraction of sp³-hybridized carbons (Fsp3) is 0.524. The van der Waals surface area contributed by atoms with Crippen molar-refractivity contribution < 1.29 is 19.1 Å². The molecule has 0 aromatic heterocycles. The molecule has 0 saturated carbocycles. The van der Waals surface area contributed by atoms with Crippen molar-refractivity contribution in [1.82, 2.24) is 0 Å². The molecule has 5 rings (SSSR count). The number of Topliss-reactive ketones (excluding diaryl/α,β-unsaturated/α-hetero) is 2. The predicted molar refractivity (Wildman–Crippen MR) is 96.6 cm³/mol. The largest absolute Gasteiger partial charge is 0.353 e. The number of hydrogen-bond acceptors (Lipinski definition) is 5. The Balaban J connectivity index is 1.69. The number of carbonyl (C=O) groups is 2. The first-order valence-corrected chi connectivity index (χ1v) is 9.28. The summed E-state index contributed by atoms with van der Waals surface area (Å²) in [6.45, 7) is 6.23. The molecule has 6 atom stereocenters. The van der Waals surface area contributed by atoms with E-state index in [1.807, 2.05) is 39.0 Å². The molecule has 136 valence electrons. The molecule has 0 aliphatic carbocycles. The smallest absolute Gasteiger partial charge is 0.218 e. The van der Waals surface area contributed by atoms with Crippen LogP contribution in [0, 0.1) is 17.3 Å². The van der Waals surface area contributed by atoms with E-state index in [2.05, 4.69) is 23.1 Å². The molecule has 3 fully saturated rings. The van der Waals surface area contributed by atoms with Gasteiger partial charge in [0.15, 0.2) is 11.6 Å². The second kappa shape index (κ2) is 5.27. The predicted octanol–water partition coefficient (Wildman–Crippen LogP) is 2.44. The molecule has 4 heterocycles. The van der Waals surface area contributed by atoms with Crippen LogP contribution in [-0.2, 0) is 19.1 Å². The minimum Gasteiger partial charge on any atom is -0.353 e. The number of benzene rings is 1. The van der Waals surface area contributed by atoms with Crippen LogP contribution in [-0.4, -0.2) is 42.7 Å². The van der Waals surface area contributed by atoms with Gasteiger partial charge in [0.2, 0.25) is 6.29 Å². The second-order valence-corrected chi connectivity index (χ2v) is 8.72. The normalized spacial score (nSPS) is 37.3. The molecule has 1 aromatic rings. The molecule has 2 bridgehead atoms. The third kappa shape index (κ3) is 2.04. The van der Waals surface area contributed by atoms with Gasteiger partial charge >= 0.3 is 0 Å². The van der Waals surface area contributed by atoms with Gasteiger partial charge in [0.05, 0.1) is 30.7 Å². The summed E-state index contributed by atoms with van der Waals surface area (Å²) in [6, 6.07) is 7.59. The highest BCUT2D eigenvalue weighted by Gasteiger charge is 2.64. The molecular weight excluding hydrogens is 330 g/mol. The van der Waals surface area contributed by atoms with Crippen molar-refractivity contribution >= 4 is 23.3 Å². The number of anilines is 1. The van der Waals surface area contributed by atoms with Crippen LogP contribution in [0.3, 0.4) is 0 Å². The lowest BCUT2D eigenvalue weighted by Crippen LogP contribution is -2.51. The van der Waals surface area contributed by atoms with Gasteiger partial charge in [-0.1, -0.05) is 51.1 Å². The Morgan fingerprint density at radius 2 is 2.00 bits per heavy atom. The van der Waals surface area contributed by atoms with Gasteiger partial charge < -0.3 is 14.4 Å². The summed E-state index contributed by atoms with van der Waals surface area (Å²) >= 11 is 0. The molecule has 5 nitrogen and oxygen atoms in total. The van der Waals surface area contributed by atoms with E-state index >= 15 is 0 Å². The van der Waals surface area contributed by atoms with Crippen molar-refractivity contribution in [2.45, 2.75) is 45.2 Å². The number of nitrogens with zero attached hydrogens (tertiary/aromatic N) is 1. The lowest BCUT2D eigenvalue weighted by atomic mass is 9.74. The van der Waals surface area contributed by atoms with Crippen LogP contribution in [0.4, 0.5) is 5.69 Å². The van der Waals surface area contributed by atoms with Crippen LogP contribution in [0.1, 0.15) is 26.3 Å². The van der Waals surface area contributed by atoms with Gasteiger partial charge in [0, 0.05) is 17.0 Å². The molecule has 0 radical (unpaired) electrons. The molecule has 0 amide bonds. The maximum atomic E-state index is 13.5. The van der Waals surface area contributed by atoms with E-state index in [1.165, 1.54) is 0 Å². The Kier molecular flexibility index (Phi) is 3.29. The summed E-state index contributed by atoms with van der Waals surface area (Å²) in [7, 11) is 0. The fourth-order valence-electron chi connectivity index (χ4n) is 5.02. The van der Waals surface area contributed by atoms with Gasteiger partial charge in [-0.3, -0.25) is 9.59 Å². The fourth-order valence-corrected chi connectivity index (χ4v) is 5.02. The monoisotopic (exact) mass is 353 g/mol. The first kappa shape index (κ1) is 16.2. The molecule has 3 saturated heterocycles. The summed E-state index contributed by atoms with van der Waals surface area (Å²) in [5, 5.41) is 0. The van der Waals surface area contributed by atoms with E-state index in [0.29, 0.717) is 6.61 Å². The average molecular weight is 353 g/mol. The summed E-state index contributed by atoms with van der Waals surface area (Å²) in [5.74, 6) is -0.301. The van der Waals surface area contributed by atoms with E-state index in [4.69, 9.17) is 9.47 Å². The minimum absolute atomic E-state index is 0.0213. The van der Waals surface area contributed by atoms with Gasteiger partial charge in [0.1, 0.15) is 0 Å². The zero-order valence-electron chi connectivity index (χ0n) is 15.2. The number of ether oxygens (including phenoxy) is 2. The minimum atomic E-state index is -0.767. The zero-order chi connectivity index (χ0) is 18.2. The number of rotatable bonds is 1. The van der Waals surface area contributed by atoms with E-state index in [1.54, 1.807) is 0 Å². The van der Waals surface area contributed by atoms with Crippen LogP contribution in [0.5, 0.6) is 0 Å². The number of carbonyl (C=O) groups excluding carboxylic acids is 2. The van der Waals surface area contributed by atoms with Crippen molar-refractivity contribution in [2.24, 2.45) is 17.3 Å². The Bertz CT molecular complexity index is 824. The maximum Gasteiger partial charge on any atom is 0.218 e. The summed E-state index contributed by atoms with van der Waals surface area (Å²) < 4.78 is 11.4.